The van der Waals surface area contributed by atoms with Gasteiger partial charge in [-0.15, -0.1) is 11.8 Å². The summed E-state index contributed by atoms with van der Waals surface area (Å²) in [6.45, 7) is 2.97. The minimum absolute atomic E-state index is 0.418. The minimum Gasteiger partial charge on any atom is -0.377 e. The molecule has 0 aromatic carbocycles. The summed E-state index contributed by atoms with van der Waals surface area (Å²) >= 11 is 7.67. The van der Waals surface area contributed by atoms with Gasteiger partial charge in [0.2, 0.25) is 0 Å². The van der Waals surface area contributed by atoms with E-state index in [2.05, 4.69) is 11.9 Å². The molecule has 0 radical (unpaired) electrons. The smallest absolute Gasteiger partial charge is 0.130 e. The highest BCUT2D eigenvalue weighted by Crippen LogP contribution is 2.27. The highest BCUT2D eigenvalue weighted by molar-refractivity contribution is 7.99. The Kier molecular flexibility index (Phi) is 3.89. The van der Waals surface area contributed by atoms with Crippen molar-refractivity contribution in [1.29, 1.82) is 0 Å². The molecule has 1 atom stereocenters. The molecule has 1 saturated heterocycles. The Labute approximate surface area is 99.4 Å². The molecule has 0 spiro atoms. The van der Waals surface area contributed by atoms with E-state index in [1.807, 2.05) is 24.0 Å². The van der Waals surface area contributed by atoms with Crippen LogP contribution < -0.4 is 0 Å². The first-order valence-electron chi connectivity index (χ1n) is 5.12. The zero-order chi connectivity index (χ0) is 10.7. The topological polar surface area (TPSA) is 22.1 Å². The largest absolute Gasteiger partial charge is 0.377 e. The molecule has 2 heterocycles. The predicted molar refractivity (Wildman–Crippen MR) is 63.7 cm³/mol. The number of nitrogens with zero attached hydrogens (tertiary/aromatic N) is 1. The normalized spacial score (nSPS) is 20.8. The van der Waals surface area contributed by atoms with Gasteiger partial charge in [0.25, 0.3) is 0 Å². The van der Waals surface area contributed by atoms with Crippen LogP contribution in [0.1, 0.15) is 18.4 Å². The molecular formula is C11H14ClNOS. The van der Waals surface area contributed by atoms with Crippen LogP contribution >= 0.6 is 23.4 Å². The Morgan fingerprint density at radius 1 is 1.67 bits per heavy atom. The van der Waals surface area contributed by atoms with Gasteiger partial charge in [0.05, 0.1) is 6.10 Å². The first-order chi connectivity index (χ1) is 7.25. The maximum absolute atomic E-state index is 5.86. The molecule has 1 aliphatic rings. The maximum atomic E-state index is 5.86. The molecule has 1 aromatic rings. The fourth-order valence-corrected chi connectivity index (χ4v) is 2.92. The van der Waals surface area contributed by atoms with Crippen LogP contribution in [-0.2, 0) is 4.74 Å². The van der Waals surface area contributed by atoms with Crippen LogP contribution in [0.5, 0.6) is 0 Å². The first kappa shape index (κ1) is 11.2. The molecule has 2 nitrogen and oxygen atoms in total. The highest BCUT2D eigenvalue weighted by atomic mass is 35.5. The Balaban J connectivity index is 1.94. The monoisotopic (exact) mass is 243 g/mol. The molecule has 15 heavy (non-hydrogen) atoms. The first-order valence-corrected chi connectivity index (χ1v) is 6.48. The molecule has 1 aromatic heterocycles. The van der Waals surface area contributed by atoms with Crippen molar-refractivity contribution >= 4 is 23.4 Å². The van der Waals surface area contributed by atoms with Crippen molar-refractivity contribution in [3.63, 3.8) is 0 Å². The lowest BCUT2D eigenvalue weighted by Crippen LogP contribution is -2.07. The van der Waals surface area contributed by atoms with E-state index in [0.29, 0.717) is 11.3 Å². The summed E-state index contributed by atoms with van der Waals surface area (Å²) in [6, 6.07) is 1.93. The number of hydrogen-bond donors (Lipinski definition) is 0. The molecule has 82 valence electrons. The van der Waals surface area contributed by atoms with Crippen molar-refractivity contribution in [2.45, 2.75) is 30.8 Å². The number of rotatable bonds is 3. The van der Waals surface area contributed by atoms with E-state index in [1.54, 1.807) is 0 Å². The summed E-state index contributed by atoms with van der Waals surface area (Å²) in [5, 5.41) is 0.565. The van der Waals surface area contributed by atoms with E-state index >= 15 is 0 Å². The molecule has 2 rings (SSSR count). The van der Waals surface area contributed by atoms with Gasteiger partial charge in [0.15, 0.2) is 0 Å². The molecule has 1 aliphatic heterocycles. The number of halogens is 1. The van der Waals surface area contributed by atoms with Crippen molar-refractivity contribution in [3.05, 3.63) is 23.0 Å². The zero-order valence-corrected chi connectivity index (χ0v) is 10.3. The van der Waals surface area contributed by atoms with Gasteiger partial charge in [0.1, 0.15) is 5.15 Å². The zero-order valence-electron chi connectivity index (χ0n) is 8.70. The second-order valence-corrected chi connectivity index (χ2v) is 5.17. The summed E-state index contributed by atoms with van der Waals surface area (Å²) in [4.78, 5) is 5.25. The van der Waals surface area contributed by atoms with E-state index in [-0.39, 0.29) is 0 Å². The predicted octanol–water partition coefficient (Wildman–Crippen LogP) is 3.31. The SMILES string of the molecule is Cc1cnc(Cl)cc1SCC1CCCO1. The summed E-state index contributed by atoms with van der Waals surface area (Å²) < 4.78 is 5.58. The third-order valence-corrected chi connectivity index (χ3v) is 3.97. The molecule has 0 saturated carbocycles. The van der Waals surface area contributed by atoms with Crippen molar-refractivity contribution in [2.75, 3.05) is 12.4 Å². The third-order valence-electron chi connectivity index (χ3n) is 2.47. The molecule has 0 bridgehead atoms. The van der Waals surface area contributed by atoms with Gasteiger partial charge in [0, 0.05) is 23.5 Å². The second-order valence-electron chi connectivity index (χ2n) is 3.72. The van der Waals surface area contributed by atoms with E-state index < -0.39 is 0 Å². The van der Waals surface area contributed by atoms with Crippen LogP contribution in [0.2, 0.25) is 5.15 Å². The minimum atomic E-state index is 0.418. The number of aromatic nitrogens is 1. The molecule has 0 N–H and O–H groups in total. The Bertz CT molecular complexity index is 339. The Morgan fingerprint density at radius 2 is 2.53 bits per heavy atom. The van der Waals surface area contributed by atoms with Crippen LogP contribution in [0.3, 0.4) is 0 Å². The van der Waals surface area contributed by atoms with Gasteiger partial charge >= 0.3 is 0 Å². The fourth-order valence-electron chi connectivity index (χ4n) is 1.60. The maximum Gasteiger partial charge on any atom is 0.130 e. The van der Waals surface area contributed by atoms with Gasteiger partial charge in [-0.3, -0.25) is 0 Å². The third kappa shape index (κ3) is 3.10. The average molecular weight is 244 g/mol. The number of aryl methyl sites for hydroxylation is 1. The lowest BCUT2D eigenvalue weighted by Gasteiger charge is -2.10. The molecular weight excluding hydrogens is 230 g/mol. The average Bonchev–Trinajstić information content (AvgIpc) is 2.72. The molecule has 1 unspecified atom stereocenters. The number of pyridine rings is 1. The van der Waals surface area contributed by atoms with E-state index in [1.165, 1.54) is 23.3 Å². The van der Waals surface area contributed by atoms with Crippen LogP contribution in [0.25, 0.3) is 0 Å². The van der Waals surface area contributed by atoms with Crippen LogP contribution in [0, 0.1) is 6.92 Å². The van der Waals surface area contributed by atoms with E-state index in [9.17, 15) is 0 Å². The van der Waals surface area contributed by atoms with Crippen molar-refractivity contribution < 1.29 is 4.74 Å². The molecule has 1 fully saturated rings. The second kappa shape index (κ2) is 5.19. The number of hydrogen-bond acceptors (Lipinski definition) is 3. The standard InChI is InChI=1S/C11H14ClNOS/c1-8-6-13-11(12)5-10(8)15-7-9-3-2-4-14-9/h5-6,9H,2-4,7H2,1H3. The lowest BCUT2D eigenvalue weighted by molar-refractivity contribution is 0.129. The molecule has 0 aliphatic carbocycles. The summed E-state index contributed by atoms with van der Waals surface area (Å²) in [5.41, 5.74) is 1.18. The summed E-state index contributed by atoms with van der Waals surface area (Å²) in [7, 11) is 0. The van der Waals surface area contributed by atoms with Gasteiger partial charge in [-0.05, 0) is 31.4 Å². The fraction of sp³-hybridized carbons (Fsp3) is 0.545. The molecule has 4 heteroatoms. The summed E-state index contributed by atoms with van der Waals surface area (Å²) in [5.74, 6) is 1.02. The van der Waals surface area contributed by atoms with E-state index in [0.717, 1.165) is 12.4 Å². The van der Waals surface area contributed by atoms with Gasteiger partial charge in [-0.1, -0.05) is 11.6 Å². The van der Waals surface area contributed by atoms with Crippen LogP contribution in [0.15, 0.2) is 17.2 Å². The van der Waals surface area contributed by atoms with Crippen LogP contribution in [0.4, 0.5) is 0 Å². The molecule has 0 amide bonds. The number of thioether (sulfide) groups is 1. The quantitative estimate of drug-likeness (QED) is 0.601. The van der Waals surface area contributed by atoms with Gasteiger partial charge < -0.3 is 4.74 Å². The Morgan fingerprint density at radius 3 is 3.27 bits per heavy atom. The van der Waals surface area contributed by atoms with Gasteiger partial charge in [-0.25, -0.2) is 4.98 Å². The van der Waals surface area contributed by atoms with E-state index in [4.69, 9.17) is 16.3 Å². The highest BCUT2D eigenvalue weighted by Gasteiger charge is 2.16. The summed E-state index contributed by atoms with van der Waals surface area (Å²) in [6.07, 6.45) is 4.62. The van der Waals surface area contributed by atoms with Crippen LogP contribution in [-0.4, -0.2) is 23.4 Å². The van der Waals surface area contributed by atoms with Crippen molar-refractivity contribution in [1.82, 2.24) is 4.98 Å². The Hall–Kier alpha value is -0.250. The van der Waals surface area contributed by atoms with Crippen molar-refractivity contribution in [3.8, 4) is 0 Å². The lowest BCUT2D eigenvalue weighted by atomic mass is 10.3. The van der Waals surface area contributed by atoms with Gasteiger partial charge in [-0.2, -0.15) is 0 Å². The van der Waals surface area contributed by atoms with Crippen molar-refractivity contribution in [2.24, 2.45) is 0 Å². The number of ether oxygens (including phenoxy) is 1.